The van der Waals surface area contributed by atoms with Gasteiger partial charge >= 0.3 is 11.9 Å². The molecule has 0 bridgehead atoms. The number of hydrogen-bond acceptors (Lipinski definition) is 12. The molecule has 3 aromatic heterocycles. The topological polar surface area (TPSA) is 218 Å². The zero-order chi connectivity index (χ0) is 31.7. The van der Waals surface area contributed by atoms with Crippen LogP contribution in [0.15, 0.2) is 41.0 Å². The number of carboxylic acid groups (broad SMARTS) is 2. The summed E-state index contributed by atoms with van der Waals surface area (Å²) < 4.78 is 3.68. The molecule has 6 N–H and O–H groups in total. The van der Waals surface area contributed by atoms with Gasteiger partial charge in [-0.3, -0.25) is 19.2 Å². The van der Waals surface area contributed by atoms with E-state index in [0.29, 0.717) is 12.1 Å². The van der Waals surface area contributed by atoms with Gasteiger partial charge in [0, 0.05) is 23.9 Å². The van der Waals surface area contributed by atoms with Crippen LogP contribution in [0.4, 0.5) is 5.13 Å². The van der Waals surface area contributed by atoms with Crippen LogP contribution in [-0.4, -0.2) is 96.2 Å². The van der Waals surface area contributed by atoms with Crippen LogP contribution in [0.5, 0.6) is 0 Å². The number of thioether (sulfide) groups is 1. The number of carboxylic acids is 2. The van der Waals surface area contributed by atoms with Crippen LogP contribution < -0.4 is 20.9 Å². The van der Waals surface area contributed by atoms with Gasteiger partial charge in [0.05, 0.1) is 12.7 Å². The molecule has 5 heterocycles. The van der Waals surface area contributed by atoms with E-state index in [1.807, 2.05) is 36.1 Å². The van der Waals surface area contributed by atoms with E-state index in [4.69, 9.17) is 27.3 Å². The third kappa shape index (κ3) is 6.05. The maximum absolute atomic E-state index is 13.3. The number of anilines is 1. The van der Waals surface area contributed by atoms with Crippen LogP contribution in [0.3, 0.4) is 0 Å². The number of hydrogen-bond donors (Lipinski definition) is 5. The van der Waals surface area contributed by atoms with Gasteiger partial charge < -0.3 is 31.4 Å². The third-order valence-corrected chi connectivity index (χ3v) is 9.20. The summed E-state index contributed by atoms with van der Waals surface area (Å²) in [6.07, 6.45) is 2.30. The van der Waals surface area contributed by atoms with Crippen molar-refractivity contribution in [1.82, 2.24) is 30.3 Å². The molecule has 3 atom stereocenters. The normalized spacial score (nSPS) is 19.0. The fraction of sp³-hybridized carbons (Fsp3) is 0.360. The minimum absolute atomic E-state index is 0.00239. The Morgan fingerprint density at radius 3 is 2.80 bits per heavy atom. The number of nitrogen functional groups attached to an aromatic ring is 1. The van der Waals surface area contributed by atoms with Crippen LogP contribution in [0.2, 0.25) is 4.34 Å². The SMILES string of the molecule is CNCCn1cc2c(ccc[n+]2CC2=C(C(=O)O)N3C(=O)C(NC(=O)C(=NO[C@@H](C)C(=O)O)c4nc(N)sc4Cl)C3SC2)n1. The molecule has 16 nitrogen and oxygen atoms in total. The molecule has 44 heavy (non-hydrogen) atoms. The number of oxime groups is 1. The zero-order valence-electron chi connectivity index (χ0n) is 23.3. The van der Waals surface area contributed by atoms with Gasteiger partial charge in [0.2, 0.25) is 6.10 Å². The van der Waals surface area contributed by atoms with Crippen LogP contribution in [0.25, 0.3) is 11.0 Å². The van der Waals surface area contributed by atoms with Crippen molar-refractivity contribution in [2.24, 2.45) is 5.16 Å². The minimum Gasteiger partial charge on any atom is -0.478 e. The van der Waals surface area contributed by atoms with Gasteiger partial charge in [0.25, 0.3) is 17.3 Å². The monoisotopic (exact) mass is 664 g/mol. The molecule has 2 aliphatic rings. The lowest BCUT2D eigenvalue weighted by molar-refractivity contribution is -0.663. The first-order valence-corrected chi connectivity index (χ1v) is 15.3. The smallest absolute Gasteiger partial charge is 0.352 e. The molecule has 232 valence electrons. The second kappa shape index (κ2) is 12.8. The predicted octanol–water partition coefficient (Wildman–Crippen LogP) is -0.132. The highest BCUT2D eigenvalue weighted by Gasteiger charge is 2.55. The number of likely N-dealkylation sites (N-methyl/N-ethyl adjacent to an activating group) is 1. The van der Waals surface area contributed by atoms with Gasteiger partial charge in [-0.2, -0.15) is 9.67 Å². The molecule has 0 aliphatic carbocycles. The summed E-state index contributed by atoms with van der Waals surface area (Å²) in [6, 6.07) is 2.58. The fourth-order valence-corrected chi connectivity index (χ4v) is 6.88. The van der Waals surface area contributed by atoms with E-state index < -0.39 is 47.0 Å². The van der Waals surface area contributed by atoms with E-state index in [9.17, 15) is 24.3 Å². The molecule has 0 aromatic carbocycles. The van der Waals surface area contributed by atoms with Gasteiger partial charge in [0.15, 0.2) is 29.1 Å². The van der Waals surface area contributed by atoms with Crippen molar-refractivity contribution in [3.63, 3.8) is 0 Å². The van der Waals surface area contributed by atoms with E-state index in [1.54, 1.807) is 4.68 Å². The Balaban J connectivity index is 1.38. The van der Waals surface area contributed by atoms with Gasteiger partial charge in [-0.05, 0) is 20.0 Å². The summed E-state index contributed by atoms with van der Waals surface area (Å²) in [5.74, 6) is -3.91. The zero-order valence-corrected chi connectivity index (χ0v) is 25.6. The first-order chi connectivity index (χ1) is 21.0. The van der Waals surface area contributed by atoms with Crippen molar-refractivity contribution in [1.29, 1.82) is 0 Å². The molecule has 1 saturated heterocycles. The molecule has 1 fully saturated rings. The van der Waals surface area contributed by atoms with Crippen LogP contribution >= 0.6 is 34.7 Å². The highest BCUT2D eigenvalue weighted by Crippen LogP contribution is 2.40. The number of fused-ring (bicyclic) bond motifs is 2. The number of pyridine rings is 1. The molecule has 0 spiro atoms. The molecular formula is C25H27ClN9O7S2+. The number of β-lactam (4-membered cyclic amide) rings is 1. The molecule has 2 amide bonds. The third-order valence-electron chi connectivity index (χ3n) is 6.78. The first-order valence-electron chi connectivity index (χ1n) is 13.1. The Bertz CT molecular complexity index is 1720. The van der Waals surface area contributed by atoms with Crippen LogP contribution in [0.1, 0.15) is 12.6 Å². The summed E-state index contributed by atoms with van der Waals surface area (Å²) in [6.45, 7) is 2.79. The largest absolute Gasteiger partial charge is 0.478 e. The number of carbonyl (C=O) groups is 4. The lowest BCUT2D eigenvalue weighted by Crippen LogP contribution is -2.71. The molecular weight excluding hydrogens is 638 g/mol. The second-order valence-corrected chi connectivity index (χ2v) is 12.5. The van der Waals surface area contributed by atoms with Crippen LogP contribution in [0, 0.1) is 0 Å². The number of amides is 2. The number of carbonyl (C=O) groups excluding carboxylic acids is 2. The highest BCUT2D eigenvalue weighted by atomic mass is 35.5. The average Bonchev–Trinajstić information content (AvgIpc) is 3.56. The van der Waals surface area contributed by atoms with Gasteiger partial charge in [-0.15, -0.1) is 11.8 Å². The molecule has 0 saturated carbocycles. The number of aliphatic carboxylic acids is 2. The second-order valence-electron chi connectivity index (χ2n) is 9.72. The Morgan fingerprint density at radius 2 is 2.14 bits per heavy atom. The van der Waals surface area contributed by atoms with Gasteiger partial charge in [0.1, 0.15) is 27.1 Å². The number of halogens is 1. The first kappa shape index (κ1) is 31.2. The number of thiazole rings is 1. The number of aromatic nitrogens is 4. The number of nitrogens with two attached hydrogens (primary N) is 1. The molecule has 0 radical (unpaired) electrons. The van der Waals surface area contributed by atoms with E-state index >= 15 is 0 Å². The van der Waals surface area contributed by atoms with Crippen molar-refractivity contribution in [2.75, 3.05) is 25.1 Å². The Labute approximate surface area is 262 Å². The van der Waals surface area contributed by atoms with E-state index in [-0.39, 0.29) is 33.2 Å². The van der Waals surface area contributed by atoms with Crippen LogP contribution in [-0.2, 0) is 37.1 Å². The predicted molar refractivity (Wildman–Crippen MR) is 160 cm³/mol. The molecule has 19 heteroatoms. The van der Waals surface area contributed by atoms with Crippen molar-refractivity contribution in [3.05, 3.63) is 45.8 Å². The minimum atomic E-state index is -1.41. The number of nitrogens with one attached hydrogen (secondary N) is 2. The van der Waals surface area contributed by atoms with Crippen molar-refractivity contribution in [2.45, 2.75) is 37.5 Å². The van der Waals surface area contributed by atoms with E-state index in [0.717, 1.165) is 33.8 Å². The lowest BCUT2D eigenvalue weighted by atomic mass is 10.0. The molecule has 3 aromatic rings. The van der Waals surface area contributed by atoms with Crippen molar-refractivity contribution >= 4 is 80.3 Å². The maximum atomic E-state index is 13.3. The molecule has 5 rings (SSSR count). The van der Waals surface area contributed by atoms with Crippen molar-refractivity contribution < 1.29 is 38.8 Å². The quantitative estimate of drug-likeness (QED) is 0.0740. The average molecular weight is 665 g/mol. The summed E-state index contributed by atoms with van der Waals surface area (Å²) >= 11 is 8.32. The number of nitrogens with zero attached hydrogens (tertiary/aromatic N) is 6. The highest BCUT2D eigenvalue weighted by molar-refractivity contribution is 8.00. The van der Waals surface area contributed by atoms with Gasteiger partial charge in [-0.25, -0.2) is 14.6 Å². The summed E-state index contributed by atoms with van der Waals surface area (Å²) in [7, 11) is 1.85. The van der Waals surface area contributed by atoms with E-state index in [2.05, 4.69) is 25.9 Å². The summed E-state index contributed by atoms with van der Waals surface area (Å²) in [5.41, 5.74) is 6.97. The maximum Gasteiger partial charge on any atom is 0.352 e. The summed E-state index contributed by atoms with van der Waals surface area (Å²) in [4.78, 5) is 60.3. The Kier molecular flexibility index (Phi) is 9.05. The Hall–Kier alpha value is -4.26. The molecule has 2 unspecified atom stereocenters. The van der Waals surface area contributed by atoms with Gasteiger partial charge in [-0.1, -0.05) is 28.1 Å². The lowest BCUT2D eigenvalue weighted by Gasteiger charge is -2.49. The molecule has 2 aliphatic heterocycles. The summed E-state index contributed by atoms with van der Waals surface area (Å²) in [5, 5.41) is 32.4. The Morgan fingerprint density at radius 1 is 1.36 bits per heavy atom. The number of rotatable bonds is 12. The van der Waals surface area contributed by atoms with E-state index in [1.165, 1.54) is 18.7 Å². The fourth-order valence-electron chi connectivity index (χ4n) is 4.62. The van der Waals surface area contributed by atoms with Crippen molar-refractivity contribution in [3.8, 4) is 0 Å². The standard InChI is InChI=1S/C25H26ClN9O7S2/c1-11(23(38)39)42-32-16(15-19(26)44-25(27)30-15)20(36)29-17-21(37)35-18(24(40)41)12(10-43-22(17)35)8-33-6-3-4-13-14(33)9-34(31-13)7-5-28-2/h3-4,6,9,11,17,22,28H,5,7-8,10H2,1-2H3,(H4-,27,29,30,36,38,39,40,41)/p+1/t11-,17?,22?/m0/s1.